The van der Waals surface area contributed by atoms with Gasteiger partial charge < -0.3 is 9.64 Å². The van der Waals surface area contributed by atoms with E-state index in [2.05, 4.69) is 0 Å². The van der Waals surface area contributed by atoms with Gasteiger partial charge in [0.15, 0.2) is 5.78 Å². The second-order valence-electron chi connectivity index (χ2n) is 5.48. The Kier molecular flexibility index (Phi) is 6.62. The molecule has 1 rings (SSSR count). The smallest absolute Gasteiger partial charge is 0.320 e. The standard InChI is InChI=1S/C17H22ClNO3/c1-5-22-16(21)17(2,11-13-9-7-6-8-10-13)15(20)14(18)12-19(3)4/h6-10,12H,5,11H2,1-4H3. The van der Waals surface area contributed by atoms with Crippen LogP contribution in [0.3, 0.4) is 0 Å². The van der Waals surface area contributed by atoms with Gasteiger partial charge in [-0.05, 0) is 25.8 Å². The van der Waals surface area contributed by atoms with E-state index in [1.807, 2.05) is 30.3 Å². The lowest BCUT2D eigenvalue weighted by atomic mass is 9.79. The van der Waals surface area contributed by atoms with Crippen LogP contribution in [0, 0.1) is 5.41 Å². The molecule has 1 atom stereocenters. The Morgan fingerprint density at radius 1 is 1.27 bits per heavy atom. The third-order valence-electron chi connectivity index (χ3n) is 3.22. The van der Waals surface area contributed by atoms with Crippen LogP contribution in [0.5, 0.6) is 0 Å². The van der Waals surface area contributed by atoms with E-state index in [0.29, 0.717) is 0 Å². The molecule has 0 spiro atoms. The summed E-state index contributed by atoms with van der Waals surface area (Å²) in [4.78, 5) is 26.7. The minimum atomic E-state index is -1.35. The van der Waals surface area contributed by atoms with E-state index >= 15 is 0 Å². The van der Waals surface area contributed by atoms with Crippen molar-refractivity contribution in [2.75, 3.05) is 20.7 Å². The van der Waals surface area contributed by atoms with Crippen LogP contribution in [0.4, 0.5) is 0 Å². The molecule has 0 saturated carbocycles. The largest absolute Gasteiger partial charge is 0.465 e. The molecule has 0 bridgehead atoms. The quantitative estimate of drug-likeness (QED) is 0.439. The highest BCUT2D eigenvalue weighted by molar-refractivity contribution is 6.44. The van der Waals surface area contributed by atoms with Crippen LogP contribution in [0.25, 0.3) is 0 Å². The highest BCUT2D eigenvalue weighted by Crippen LogP contribution is 2.30. The molecule has 4 nitrogen and oxygen atoms in total. The molecule has 0 aromatic heterocycles. The predicted molar refractivity (Wildman–Crippen MR) is 87.5 cm³/mol. The predicted octanol–water partition coefficient (Wildman–Crippen LogP) is 3.01. The fraction of sp³-hybridized carbons (Fsp3) is 0.412. The molecule has 22 heavy (non-hydrogen) atoms. The van der Waals surface area contributed by atoms with Gasteiger partial charge in [0.05, 0.1) is 6.61 Å². The number of carbonyl (C=O) groups excluding carboxylic acids is 2. The Hall–Kier alpha value is -1.81. The number of allylic oxidation sites excluding steroid dienone is 1. The van der Waals surface area contributed by atoms with Gasteiger partial charge >= 0.3 is 5.97 Å². The summed E-state index contributed by atoms with van der Waals surface area (Å²) in [5, 5.41) is 0.0106. The van der Waals surface area contributed by atoms with Crippen molar-refractivity contribution in [2.45, 2.75) is 20.3 Å². The van der Waals surface area contributed by atoms with Crippen LogP contribution in [0.2, 0.25) is 0 Å². The first-order valence-corrected chi connectivity index (χ1v) is 7.48. The fourth-order valence-electron chi connectivity index (χ4n) is 2.09. The summed E-state index contributed by atoms with van der Waals surface area (Å²) in [7, 11) is 3.52. The second kappa shape index (κ2) is 7.99. The first-order valence-electron chi connectivity index (χ1n) is 7.11. The normalized spacial score (nSPS) is 14.1. The number of rotatable bonds is 7. The molecule has 0 amide bonds. The van der Waals surface area contributed by atoms with Crippen LogP contribution in [0.15, 0.2) is 41.6 Å². The van der Waals surface area contributed by atoms with Gasteiger partial charge in [-0.3, -0.25) is 9.59 Å². The zero-order valence-corrected chi connectivity index (χ0v) is 14.2. The highest BCUT2D eigenvalue weighted by Gasteiger charge is 2.43. The lowest BCUT2D eigenvalue weighted by Gasteiger charge is -2.26. The van der Waals surface area contributed by atoms with Gasteiger partial charge in [0.25, 0.3) is 0 Å². The number of esters is 1. The average Bonchev–Trinajstić information content (AvgIpc) is 2.46. The number of ketones is 1. The fourth-order valence-corrected chi connectivity index (χ4v) is 2.49. The van der Waals surface area contributed by atoms with Crippen molar-refractivity contribution in [1.82, 2.24) is 4.90 Å². The van der Waals surface area contributed by atoms with Crippen molar-refractivity contribution in [3.05, 3.63) is 47.1 Å². The van der Waals surface area contributed by atoms with Crippen LogP contribution in [0.1, 0.15) is 19.4 Å². The van der Waals surface area contributed by atoms with E-state index in [0.717, 1.165) is 5.56 Å². The number of nitrogens with zero attached hydrogens (tertiary/aromatic N) is 1. The minimum absolute atomic E-state index is 0.0106. The monoisotopic (exact) mass is 323 g/mol. The summed E-state index contributed by atoms with van der Waals surface area (Å²) < 4.78 is 5.10. The van der Waals surface area contributed by atoms with Crippen LogP contribution >= 0.6 is 11.6 Å². The Labute approximate surface area is 136 Å². The number of hydrogen-bond acceptors (Lipinski definition) is 4. The number of carbonyl (C=O) groups is 2. The molecule has 0 aliphatic heterocycles. The van der Waals surface area contributed by atoms with Crippen LogP contribution in [-0.2, 0) is 20.7 Å². The maximum absolute atomic E-state index is 12.7. The summed E-state index contributed by atoms with van der Waals surface area (Å²) in [5.41, 5.74) is -0.471. The van der Waals surface area contributed by atoms with Gasteiger partial charge in [-0.15, -0.1) is 0 Å². The molecule has 0 N–H and O–H groups in total. The third-order valence-corrected chi connectivity index (χ3v) is 3.49. The van der Waals surface area contributed by atoms with Gasteiger partial charge in [0.2, 0.25) is 0 Å². The molecule has 0 aliphatic rings. The molecule has 0 aliphatic carbocycles. The van der Waals surface area contributed by atoms with E-state index < -0.39 is 17.2 Å². The Morgan fingerprint density at radius 2 is 1.86 bits per heavy atom. The van der Waals surface area contributed by atoms with Crippen molar-refractivity contribution in [1.29, 1.82) is 0 Å². The molecule has 5 heteroatoms. The number of halogens is 1. The first kappa shape index (κ1) is 18.2. The van der Waals surface area contributed by atoms with Crippen LogP contribution < -0.4 is 0 Å². The SMILES string of the molecule is CCOC(=O)C(C)(Cc1ccccc1)C(=O)C(Cl)=CN(C)C. The molecule has 0 radical (unpaired) electrons. The molecular weight excluding hydrogens is 302 g/mol. The van der Waals surface area contributed by atoms with E-state index in [1.165, 1.54) is 6.20 Å². The van der Waals surface area contributed by atoms with Crippen molar-refractivity contribution < 1.29 is 14.3 Å². The van der Waals surface area contributed by atoms with Crippen molar-refractivity contribution in [3.8, 4) is 0 Å². The van der Waals surface area contributed by atoms with Crippen molar-refractivity contribution in [2.24, 2.45) is 5.41 Å². The second-order valence-corrected chi connectivity index (χ2v) is 5.89. The zero-order valence-electron chi connectivity index (χ0n) is 13.4. The van der Waals surface area contributed by atoms with Crippen molar-refractivity contribution >= 4 is 23.4 Å². The maximum atomic E-state index is 12.7. The summed E-state index contributed by atoms with van der Waals surface area (Å²) >= 11 is 6.08. The van der Waals surface area contributed by atoms with Gasteiger partial charge in [-0.1, -0.05) is 41.9 Å². The molecule has 1 aromatic rings. The van der Waals surface area contributed by atoms with Crippen molar-refractivity contribution in [3.63, 3.8) is 0 Å². The molecular formula is C17H22ClNO3. The summed E-state index contributed by atoms with van der Waals surface area (Å²) in [5.74, 6) is -1.00. The lowest BCUT2D eigenvalue weighted by Crippen LogP contribution is -2.40. The van der Waals surface area contributed by atoms with E-state index in [4.69, 9.17) is 16.3 Å². The lowest BCUT2D eigenvalue weighted by molar-refractivity contribution is -0.157. The third kappa shape index (κ3) is 4.60. The molecule has 0 fully saturated rings. The summed E-state index contributed by atoms with van der Waals surface area (Å²) in [6.07, 6.45) is 1.73. The molecule has 120 valence electrons. The number of ether oxygens (including phenoxy) is 1. The van der Waals surface area contributed by atoms with Gasteiger partial charge in [-0.2, -0.15) is 0 Å². The van der Waals surface area contributed by atoms with E-state index in [9.17, 15) is 9.59 Å². The number of hydrogen-bond donors (Lipinski definition) is 0. The molecule has 0 heterocycles. The Balaban J connectivity index is 3.16. The Morgan fingerprint density at radius 3 is 2.36 bits per heavy atom. The van der Waals surface area contributed by atoms with Gasteiger partial charge in [0.1, 0.15) is 10.4 Å². The Bertz CT molecular complexity index is 554. The number of benzene rings is 1. The molecule has 1 aromatic carbocycles. The highest BCUT2D eigenvalue weighted by atomic mass is 35.5. The maximum Gasteiger partial charge on any atom is 0.320 e. The van der Waals surface area contributed by atoms with E-state index in [1.54, 1.807) is 32.8 Å². The summed E-state index contributed by atoms with van der Waals surface area (Å²) in [6.45, 7) is 3.50. The first-order chi connectivity index (χ1) is 10.3. The molecule has 0 saturated heterocycles. The van der Waals surface area contributed by atoms with E-state index in [-0.39, 0.29) is 18.1 Å². The molecule has 1 unspecified atom stereocenters. The zero-order chi connectivity index (χ0) is 16.8. The average molecular weight is 324 g/mol. The van der Waals surface area contributed by atoms with Crippen LogP contribution in [-0.4, -0.2) is 37.4 Å². The summed E-state index contributed by atoms with van der Waals surface area (Å²) in [6, 6.07) is 9.35. The van der Waals surface area contributed by atoms with Gasteiger partial charge in [-0.25, -0.2) is 0 Å². The minimum Gasteiger partial charge on any atom is -0.465 e. The topological polar surface area (TPSA) is 46.6 Å². The van der Waals surface area contributed by atoms with Gasteiger partial charge in [0, 0.05) is 20.3 Å². The number of Topliss-reactive ketones (excluding diaryl/α,β-unsaturated/α-hetero) is 1.